The highest BCUT2D eigenvalue weighted by atomic mass is 16.4. The summed E-state index contributed by atoms with van der Waals surface area (Å²) in [5.74, 6) is -0.694. The van der Waals surface area contributed by atoms with Crippen molar-refractivity contribution < 1.29 is 19.9 Å². The molecule has 7 heteroatoms. The molecule has 24 heavy (non-hydrogen) atoms. The normalized spacial score (nSPS) is 17.6. The van der Waals surface area contributed by atoms with Crippen LogP contribution in [0.25, 0.3) is 0 Å². The van der Waals surface area contributed by atoms with Gasteiger partial charge in [0, 0.05) is 36.6 Å². The van der Waals surface area contributed by atoms with E-state index in [2.05, 4.69) is 5.16 Å². The zero-order chi connectivity index (χ0) is 17.7. The lowest BCUT2D eigenvalue weighted by Gasteiger charge is -2.29. The molecular formula is C17H22N3O4. The molecule has 3 N–H and O–H groups in total. The summed E-state index contributed by atoms with van der Waals surface area (Å²) in [6.07, 6.45) is 0.498. The van der Waals surface area contributed by atoms with Crippen molar-refractivity contribution in [1.82, 2.24) is 4.90 Å². The Labute approximate surface area is 140 Å². The first kappa shape index (κ1) is 17.9. The number of benzene rings is 1. The quantitative estimate of drug-likeness (QED) is 0.279. The molecule has 1 amide bonds. The first-order valence-electron chi connectivity index (χ1n) is 7.98. The Morgan fingerprint density at radius 2 is 1.79 bits per heavy atom. The highest BCUT2D eigenvalue weighted by Gasteiger charge is 2.25. The van der Waals surface area contributed by atoms with Gasteiger partial charge in [0.05, 0.1) is 6.10 Å². The third-order valence-corrected chi connectivity index (χ3v) is 4.30. The zero-order valence-electron chi connectivity index (χ0n) is 13.6. The molecule has 0 aliphatic carbocycles. The van der Waals surface area contributed by atoms with Crippen molar-refractivity contribution >= 4 is 17.5 Å². The number of nitrogens with zero attached hydrogens (tertiary/aromatic N) is 2. The Morgan fingerprint density at radius 3 is 2.33 bits per heavy atom. The molecule has 1 heterocycles. The second kappa shape index (κ2) is 7.92. The van der Waals surface area contributed by atoms with Gasteiger partial charge in [-0.1, -0.05) is 36.3 Å². The van der Waals surface area contributed by atoms with E-state index in [1.807, 2.05) is 0 Å². The number of piperidine rings is 1. The number of hydrogen-bond donors (Lipinski definition) is 2. The standard InChI is InChI=1S/C17H22N3O4/c1-11(10-15(22)20-8-6-14(21)7-9-20)16(23)12-2-4-13(5-3-12)17(18)19-24/h2-5,11,14,24H,6-10H2,1H3,(H2,18,19). The molecule has 1 aliphatic rings. The van der Waals surface area contributed by atoms with Crippen molar-refractivity contribution in [3.8, 4) is 0 Å². The number of carbonyl (C=O) groups excluding carboxylic acids is 2. The van der Waals surface area contributed by atoms with Crippen LogP contribution in [-0.2, 0) is 9.90 Å². The minimum absolute atomic E-state index is 0.0287. The molecule has 1 radical (unpaired) electrons. The highest BCUT2D eigenvalue weighted by molar-refractivity contribution is 6.01. The molecule has 1 atom stereocenters. The maximum absolute atomic E-state index is 12.4. The summed E-state index contributed by atoms with van der Waals surface area (Å²) < 4.78 is 0. The predicted octanol–water partition coefficient (Wildman–Crippen LogP) is 1.41. The number of amides is 1. The molecule has 1 aliphatic heterocycles. The summed E-state index contributed by atoms with van der Waals surface area (Å²) in [6, 6.07) is 6.38. The Balaban J connectivity index is 1.95. The van der Waals surface area contributed by atoms with Gasteiger partial charge in [0.15, 0.2) is 11.6 Å². The summed E-state index contributed by atoms with van der Waals surface area (Å²) in [6.45, 7) is 2.67. The number of oxime groups is 1. The lowest BCUT2D eigenvalue weighted by atomic mass is 9.94. The average molecular weight is 332 g/mol. The topological polar surface area (TPSA) is 116 Å². The SMILES string of the molecule is CC(CC(=O)N1CCC([O])CC1)C(=O)c1ccc(C(N)=NO)cc1. The van der Waals surface area contributed by atoms with Crippen molar-refractivity contribution in [2.75, 3.05) is 13.1 Å². The number of ketones is 1. The molecule has 1 aromatic carbocycles. The monoisotopic (exact) mass is 332 g/mol. The van der Waals surface area contributed by atoms with Crippen molar-refractivity contribution in [3.63, 3.8) is 0 Å². The van der Waals surface area contributed by atoms with E-state index in [0.29, 0.717) is 37.1 Å². The number of nitrogens with two attached hydrogens (primary N) is 1. The maximum Gasteiger partial charge on any atom is 0.223 e. The van der Waals surface area contributed by atoms with Crippen molar-refractivity contribution in [2.24, 2.45) is 16.8 Å². The molecule has 129 valence electrons. The summed E-state index contributed by atoms with van der Waals surface area (Å²) in [7, 11) is 0. The molecule has 0 aromatic heterocycles. The van der Waals surface area contributed by atoms with E-state index >= 15 is 0 Å². The number of rotatable bonds is 5. The second-order valence-corrected chi connectivity index (χ2v) is 6.11. The number of amidine groups is 1. The molecule has 7 nitrogen and oxygen atoms in total. The van der Waals surface area contributed by atoms with E-state index in [0.717, 1.165) is 0 Å². The minimum atomic E-state index is -0.582. The van der Waals surface area contributed by atoms with E-state index in [9.17, 15) is 14.7 Å². The first-order chi connectivity index (χ1) is 11.4. The average Bonchev–Trinajstić information content (AvgIpc) is 2.61. The Hall–Kier alpha value is -2.41. The van der Waals surface area contributed by atoms with E-state index in [1.165, 1.54) is 0 Å². The molecule has 1 fully saturated rings. The first-order valence-corrected chi connectivity index (χ1v) is 7.98. The van der Waals surface area contributed by atoms with Crippen LogP contribution >= 0.6 is 0 Å². The fourth-order valence-electron chi connectivity index (χ4n) is 2.74. The van der Waals surface area contributed by atoms with Crippen molar-refractivity contribution in [1.29, 1.82) is 0 Å². The van der Waals surface area contributed by atoms with Gasteiger partial charge in [-0.2, -0.15) is 0 Å². The van der Waals surface area contributed by atoms with Crippen LogP contribution in [-0.4, -0.2) is 46.8 Å². The lowest BCUT2D eigenvalue weighted by Crippen LogP contribution is -2.40. The molecule has 0 bridgehead atoms. The van der Waals surface area contributed by atoms with Crippen LogP contribution in [0.3, 0.4) is 0 Å². The fourth-order valence-corrected chi connectivity index (χ4v) is 2.74. The molecular weight excluding hydrogens is 310 g/mol. The van der Waals surface area contributed by atoms with Crippen LogP contribution in [0.5, 0.6) is 0 Å². The van der Waals surface area contributed by atoms with Gasteiger partial charge in [-0.05, 0) is 12.8 Å². The van der Waals surface area contributed by atoms with Gasteiger partial charge in [-0.25, -0.2) is 5.11 Å². The van der Waals surface area contributed by atoms with Gasteiger partial charge in [0.2, 0.25) is 5.91 Å². The molecule has 1 saturated heterocycles. The molecule has 1 unspecified atom stereocenters. The summed E-state index contributed by atoms with van der Waals surface area (Å²) in [5.41, 5.74) is 6.47. The van der Waals surface area contributed by atoms with Gasteiger partial charge in [0.25, 0.3) is 0 Å². The van der Waals surface area contributed by atoms with Gasteiger partial charge < -0.3 is 15.8 Å². The maximum atomic E-state index is 12.4. The van der Waals surface area contributed by atoms with Crippen LogP contribution < -0.4 is 5.73 Å². The largest absolute Gasteiger partial charge is 0.409 e. The van der Waals surface area contributed by atoms with Gasteiger partial charge in [-0.15, -0.1) is 0 Å². The minimum Gasteiger partial charge on any atom is -0.409 e. The zero-order valence-corrected chi connectivity index (χ0v) is 13.6. The van der Waals surface area contributed by atoms with Crippen LogP contribution in [0.4, 0.5) is 0 Å². The van der Waals surface area contributed by atoms with Crippen LogP contribution in [0.1, 0.15) is 42.1 Å². The number of carbonyl (C=O) groups is 2. The van der Waals surface area contributed by atoms with Gasteiger partial charge >= 0.3 is 0 Å². The number of likely N-dealkylation sites (tertiary alicyclic amines) is 1. The Bertz CT molecular complexity index is 619. The summed E-state index contributed by atoms with van der Waals surface area (Å²) in [5, 5.41) is 22.8. The number of hydrogen-bond acceptors (Lipinski definition) is 4. The lowest BCUT2D eigenvalue weighted by molar-refractivity contribution is -0.134. The Kier molecular flexibility index (Phi) is 5.92. The number of Topliss-reactive ketones (excluding diaryl/α,β-unsaturated/α-hetero) is 1. The molecule has 2 rings (SSSR count). The van der Waals surface area contributed by atoms with Gasteiger partial charge in [0.1, 0.15) is 0 Å². The van der Waals surface area contributed by atoms with E-state index in [1.54, 1.807) is 36.1 Å². The predicted molar refractivity (Wildman–Crippen MR) is 87.4 cm³/mol. The Morgan fingerprint density at radius 1 is 1.25 bits per heavy atom. The van der Waals surface area contributed by atoms with Crippen LogP contribution in [0.2, 0.25) is 0 Å². The highest BCUT2D eigenvalue weighted by Crippen LogP contribution is 2.17. The smallest absolute Gasteiger partial charge is 0.223 e. The van der Waals surface area contributed by atoms with Crippen LogP contribution in [0.15, 0.2) is 29.4 Å². The third-order valence-electron chi connectivity index (χ3n) is 4.30. The second-order valence-electron chi connectivity index (χ2n) is 6.11. The van der Waals surface area contributed by atoms with E-state index in [-0.39, 0.29) is 23.9 Å². The fraction of sp³-hybridized carbons (Fsp3) is 0.471. The van der Waals surface area contributed by atoms with Crippen molar-refractivity contribution in [3.05, 3.63) is 35.4 Å². The molecule has 0 saturated carbocycles. The van der Waals surface area contributed by atoms with E-state index in [4.69, 9.17) is 10.9 Å². The van der Waals surface area contributed by atoms with E-state index < -0.39 is 12.0 Å². The summed E-state index contributed by atoms with van der Waals surface area (Å²) >= 11 is 0. The third kappa shape index (κ3) is 4.32. The molecule has 0 spiro atoms. The molecule has 1 aromatic rings. The summed E-state index contributed by atoms with van der Waals surface area (Å²) in [4.78, 5) is 26.3. The van der Waals surface area contributed by atoms with Crippen LogP contribution in [0, 0.1) is 5.92 Å². The van der Waals surface area contributed by atoms with Gasteiger partial charge in [-0.3, -0.25) is 9.59 Å². The van der Waals surface area contributed by atoms with Crippen molar-refractivity contribution in [2.45, 2.75) is 32.3 Å².